The van der Waals surface area contributed by atoms with Gasteiger partial charge < -0.3 is 4.90 Å². The molecule has 1 atom stereocenters. The van der Waals surface area contributed by atoms with Crippen LogP contribution in [0.15, 0.2) is 0 Å². The molecule has 1 amide bonds. The molecule has 0 radical (unpaired) electrons. The maximum atomic E-state index is 11.4. The molecule has 0 spiro atoms. The summed E-state index contributed by atoms with van der Waals surface area (Å²) in [6, 6.07) is 0.316. The quantitative estimate of drug-likeness (QED) is 0.440. The van der Waals surface area contributed by atoms with Crippen molar-refractivity contribution in [3.05, 3.63) is 0 Å². The number of hydrogen-bond donors (Lipinski definition) is 0. The average molecular weight is 176 g/mol. The highest BCUT2D eigenvalue weighted by Gasteiger charge is 2.41. The van der Waals surface area contributed by atoms with E-state index < -0.39 is 0 Å². The molecule has 0 aromatic rings. The first-order valence-electron chi connectivity index (χ1n) is 3.86. The van der Waals surface area contributed by atoms with Crippen LogP contribution in [0.25, 0.3) is 0 Å². The van der Waals surface area contributed by atoms with Crippen LogP contribution >= 0.6 is 11.6 Å². The number of hydrogen-bond acceptors (Lipinski definition) is 1. The summed E-state index contributed by atoms with van der Waals surface area (Å²) in [5.74, 6) is 0.328. The Morgan fingerprint density at radius 1 is 1.73 bits per heavy atom. The summed E-state index contributed by atoms with van der Waals surface area (Å²) in [6.45, 7) is 6.06. The molecule has 0 bridgehead atoms. The first-order chi connectivity index (χ1) is 4.99. The van der Waals surface area contributed by atoms with Gasteiger partial charge in [-0.2, -0.15) is 0 Å². The highest BCUT2D eigenvalue weighted by molar-refractivity contribution is 6.18. The molecule has 3 heteroatoms. The third kappa shape index (κ3) is 1.36. The van der Waals surface area contributed by atoms with E-state index in [1.807, 2.05) is 6.92 Å². The van der Waals surface area contributed by atoms with Crippen LogP contribution in [0.2, 0.25) is 0 Å². The van der Waals surface area contributed by atoms with E-state index >= 15 is 0 Å². The lowest BCUT2D eigenvalue weighted by Crippen LogP contribution is -2.39. The van der Waals surface area contributed by atoms with Gasteiger partial charge in [0.05, 0.1) is 6.00 Å². The second-order valence-corrected chi connectivity index (χ2v) is 4.04. The molecule has 0 saturated carbocycles. The second-order valence-electron chi connectivity index (χ2n) is 3.80. The van der Waals surface area contributed by atoms with Gasteiger partial charge in [-0.1, -0.05) is 6.92 Å². The molecule has 64 valence electrons. The third-order valence-corrected chi connectivity index (χ3v) is 2.58. The molecule has 2 nitrogen and oxygen atoms in total. The van der Waals surface area contributed by atoms with Crippen molar-refractivity contribution >= 4 is 17.5 Å². The summed E-state index contributed by atoms with van der Waals surface area (Å²) >= 11 is 5.66. The smallest absolute Gasteiger partial charge is 0.226 e. The molecule has 1 saturated heterocycles. The van der Waals surface area contributed by atoms with Crippen molar-refractivity contribution in [2.45, 2.75) is 32.7 Å². The molecule has 11 heavy (non-hydrogen) atoms. The van der Waals surface area contributed by atoms with Gasteiger partial charge in [0, 0.05) is 11.5 Å². The summed E-state index contributed by atoms with van der Waals surface area (Å²) in [4.78, 5) is 13.1. The fourth-order valence-corrected chi connectivity index (χ4v) is 2.17. The number of amides is 1. The molecule has 0 aromatic heterocycles. The minimum Gasteiger partial charge on any atom is -0.324 e. The Bertz CT molecular complexity index is 179. The predicted octanol–water partition coefficient (Wildman–Crippen LogP) is 1.83. The van der Waals surface area contributed by atoms with E-state index in [2.05, 4.69) is 13.8 Å². The van der Waals surface area contributed by atoms with Crippen LogP contribution in [-0.2, 0) is 4.79 Å². The molecule has 1 aliphatic heterocycles. The topological polar surface area (TPSA) is 20.3 Å². The maximum Gasteiger partial charge on any atom is 0.226 e. The fraction of sp³-hybridized carbons (Fsp3) is 0.875. The van der Waals surface area contributed by atoms with Crippen LogP contribution in [0.3, 0.4) is 0 Å². The zero-order valence-electron chi connectivity index (χ0n) is 7.22. The largest absolute Gasteiger partial charge is 0.324 e. The Morgan fingerprint density at radius 2 is 2.27 bits per heavy atom. The Balaban J connectivity index is 2.82. The molecule has 1 aliphatic rings. The van der Waals surface area contributed by atoms with E-state index in [1.165, 1.54) is 0 Å². The SMILES string of the molecule is CC1CC(C)(C)N(CCl)C1=O. The van der Waals surface area contributed by atoms with E-state index in [-0.39, 0.29) is 17.4 Å². The lowest BCUT2D eigenvalue weighted by molar-refractivity contribution is -0.131. The van der Waals surface area contributed by atoms with Gasteiger partial charge in [0.25, 0.3) is 0 Å². The number of likely N-dealkylation sites (tertiary alicyclic amines) is 1. The van der Waals surface area contributed by atoms with E-state index in [1.54, 1.807) is 4.90 Å². The Morgan fingerprint density at radius 3 is 2.45 bits per heavy atom. The predicted molar refractivity (Wildman–Crippen MR) is 45.4 cm³/mol. The van der Waals surface area contributed by atoms with Gasteiger partial charge in [-0.05, 0) is 20.3 Å². The lowest BCUT2D eigenvalue weighted by atomic mass is 9.98. The van der Waals surface area contributed by atoms with Crippen molar-refractivity contribution in [1.82, 2.24) is 4.90 Å². The van der Waals surface area contributed by atoms with Gasteiger partial charge in [0.1, 0.15) is 0 Å². The van der Waals surface area contributed by atoms with Crippen LogP contribution in [0.1, 0.15) is 27.2 Å². The Kier molecular flexibility index (Phi) is 2.15. The first-order valence-corrected chi connectivity index (χ1v) is 4.40. The number of carbonyl (C=O) groups excluding carboxylic acids is 1. The van der Waals surface area contributed by atoms with Crippen molar-refractivity contribution in [3.8, 4) is 0 Å². The molecule has 1 heterocycles. The number of halogens is 1. The first kappa shape index (κ1) is 8.85. The fourth-order valence-electron chi connectivity index (χ4n) is 1.73. The molecule has 0 aliphatic carbocycles. The standard InChI is InChI=1S/C8H14ClNO/c1-6-4-8(2,3)10(5-9)7(6)11/h6H,4-5H2,1-3H3. The zero-order valence-corrected chi connectivity index (χ0v) is 7.98. The van der Waals surface area contributed by atoms with Crippen molar-refractivity contribution in [3.63, 3.8) is 0 Å². The van der Waals surface area contributed by atoms with Gasteiger partial charge >= 0.3 is 0 Å². The Labute approximate surface area is 72.5 Å². The number of alkyl halides is 1. The number of carbonyl (C=O) groups is 1. The lowest BCUT2D eigenvalue weighted by Gasteiger charge is -2.29. The minimum absolute atomic E-state index is 0.0434. The normalized spacial score (nSPS) is 29.6. The summed E-state index contributed by atoms with van der Waals surface area (Å²) in [5, 5.41) is 0. The zero-order chi connectivity index (χ0) is 8.65. The molecule has 1 rings (SSSR count). The van der Waals surface area contributed by atoms with Gasteiger partial charge in [-0.15, -0.1) is 11.6 Å². The third-order valence-electron chi connectivity index (χ3n) is 2.34. The van der Waals surface area contributed by atoms with E-state index in [0.717, 1.165) is 6.42 Å². The number of nitrogens with zero attached hydrogens (tertiary/aromatic N) is 1. The highest BCUT2D eigenvalue weighted by atomic mass is 35.5. The van der Waals surface area contributed by atoms with Gasteiger partial charge in [0.15, 0.2) is 0 Å². The molecular weight excluding hydrogens is 162 g/mol. The van der Waals surface area contributed by atoms with Gasteiger partial charge in [-0.3, -0.25) is 4.79 Å². The Hall–Kier alpha value is -0.240. The average Bonchev–Trinajstić information content (AvgIpc) is 2.03. The van der Waals surface area contributed by atoms with Crippen molar-refractivity contribution in [2.24, 2.45) is 5.92 Å². The summed E-state index contributed by atoms with van der Waals surface area (Å²) in [7, 11) is 0. The van der Waals surface area contributed by atoms with Crippen molar-refractivity contribution in [2.75, 3.05) is 6.00 Å². The van der Waals surface area contributed by atoms with E-state index in [9.17, 15) is 4.79 Å². The molecular formula is C8H14ClNO. The number of rotatable bonds is 1. The molecule has 1 fully saturated rings. The monoisotopic (exact) mass is 175 g/mol. The van der Waals surface area contributed by atoms with Gasteiger partial charge in [-0.25, -0.2) is 0 Å². The van der Waals surface area contributed by atoms with Crippen molar-refractivity contribution in [1.29, 1.82) is 0 Å². The van der Waals surface area contributed by atoms with Crippen LogP contribution < -0.4 is 0 Å². The molecule has 0 N–H and O–H groups in total. The summed E-state index contributed by atoms with van der Waals surface area (Å²) in [6.07, 6.45) is 0.915. The molecule has 1 unspecified atom stereocenters. The van der Waals surface area contributed by atoms with Crippen LogP contribution in [0.5, 0.6) is 0 Å². The van der Waals surface area contributed by atoms with Crippen LogP contribution in [-0.4, -0.2) is 22.3 Å². The minimum atomic E-state index is -0.0434. The highest BCUT2D eigenvalue weighted by Crippen LogP contribution is 2.33. The second kappa shape index (κ2) is 2.67. The van der Waals surface area contributed by atoms with Crippen LogP contribution in [0, 0.1) is 5.92 Å². The molecule has 0 aromatic carbocycles. The van der Waals surface area contributed by atoms with Crippen LogP contribution in [0.4, 0.5) is 0 Å². The summed E-state index contributed by atoms with van der Waals surface area (Å²) in [5.41, 5.74) is -0.0434. The van der Waals surface area contributed by atoms with Crippen molar-refractivity contribution < 1.29 is 4.79 Å². The van der Waals surface area contributed by atoms with Gasteiger partial charge in [0.2, 0.25) is 5.91 Å². The maximum absolute atomic E-state index is 11.4. The van der Waals surface area contributed by atoms with E-state index in [0.29, 0.717) is 6.00 Å². The van der Waals surface area contributed by atoms with E-state index in [4.69, 9.17) is 11.6 Å². The summed E-state index contributed by atoms with van der Waals surface area (Å²) < 4.78 is 0.